The Morgan fingerprint density at radius 2 is 0.867 bits per heavy atom. The second kappa shape index (κ2) is 18.0. The van der Waals surface area contributed by atoms with Crippen molar-refractivity contribution in [2.75, 3.05) is 36.8 Å². The molecule has 0 radical (unpaired) electrons. The number of esters is 2. The van der Waals surface area contributed by atoms with Crippen LogP contribution in [0.15, 0.2) is 48.5 Å². The van der Waals surface area contributed by atoms with Gasteiger partial charge in [0.2, 0.25) is 0 Å². The fourth-order valence-electron chi connectivity index (χ4n) is 7.76. The van der Waals surface area contributed by atoms with Gasteiger partial charge < -0.3 is 39.4 Å². The molecule has 332 valence electrons. The van der Waals surface area contributed by atoms with E-state index in [1.54, 1.807) is 21.9 Å². The zero-order chi connectivity index (χ0) is 45.1. The van der Waals surface area contributed by atoms with Crippen molar-refractivity contribution in [3.63, 3.8) is 0 Å². The van der Waals surface area contributed by atoms with Crippen molar-refractivity contribution in [2.24, 2.45) is 22.7 Å². The third kappa shape index (κ3) is 13.6. The average Bonchev–Trinajstić information content (AvgIpc) is 3.78. The van der Waals surface area contributed by atoms with Gasteiger partial charge in [-0.25, -0.2) is 14.4 Å². The van der Waals surface area contributed by atoms with Crippen LogP contribution in [0.5, 0.6) is 0 Å². The summed E-state index contributed by atoms with van der Waals surface area (Å²) >= 11 is 0. The fourth-order valence-corrected chi connectivity index (χ4v) is 7.76. The van der Waals surface area contributed by atoms with Gasteiger partial charge in [0.25, 0.3) is 0 Å². The van der Waals surface area contributed by atoms with Crippen molar-refractivity contribution in [3.05, 3.63) is 59.7 Å². The molecule has 2 heterocycles. The van der Waals surface area contributed by atoms with E-state index in [1.165, 1.54) is 0 Å². The second-order valence-electron chi connectivity index (χ2n) is 21.0. The first-order valence-electron chi connectivity index (χ1n) is 21.1. The largest absolute Gasteiger partial charge is 0.460 e. The molecule has 4 amide bonds. The van der Waals surface area contributed by atoms with Crippen LogP contribution >= 0.6 is 0 Å². The van der Waals surface area contributed by atoms with Gasteiger partial charge >= 0.3 is 30.2 Å². The summed E-state index contributed by atoms with van der Waals surface area (Å²) in [5, 5.41) is 5.85. The van der Waals surface area contributed by atoms with Crippen LogP contribution in [0.2, 0.25) is 0 Å². The number of ether oxygens (including phenoxy) is 4. The van der Waals surface area contributed by atoms with E-state index in [2.05, 4.69) is 10.6 Å². The van der Waals surface area contributed by atoms with Crippen LogP contribution in [0.3, 0.4) is 0 Å². The molecule has 2 fully saturated rings. The standard InChI is InChI=1S/C47H70N4O9/c1-42(2,3)57-37(52)46(13,33-21-23-50(29-33)40(55)59-44(7,8)9)27-31-17-15-19-35(25-31)48-39(54)49-36-20-16-18-32(26-36)28-47(14,38(53)58-43(4,5)6)34-22-24-51(30-34)41(56)60-45(10,11)12/h15-20,25-26,33-34H,21-24,27-30H2,1-14H3,(H2,48,49,54)/t33-,34-,46?,47?/m0/s1. The minimum Gasteiger partial charge on any atom is -0.460 e. The van der Waals surface area contributed by atoms with E-state index in [-0.39, 0.29) is 23.8 Å². The van der Waals surface area contributed by atoms with Gasteiger partial charge in [0.05, 0.1) is 10.8 Å². The number of urea groups is 1. The summed E-state index contributed by atoms with van der Waals surface area (Å²) in [5.41, 5.74) is -1.97. The lowest BCUT2D eigenvalue weighted by Crippen LogP contribution is -2.44. The first-order valence-corrected chi connectivity index (χ1v) is 21.1. The minimum absolute atomic E-state index is 0.193. The van der Waals surface area contributed by atoms with Crippen molar-refractivity contribution in [1.29, 1.82) is 0 Å². The van der Waals surface area contributed by atoms with Gasteiger partial charge in [-0.1, -0.05) is 24.3 Å². The summed E-state index contributed by atoms with van der Waals surface area (Å²) in [6.45, 7) is 27.4. The number of carbonyl (C=O) groups is 5. The Balaban J connectivity index is 1.49. The highest BCUT2D eigenvalue weighted by atomic mass is 16.6. The van der Waals surface area contributed by atoms with E-state index in [1.807, 2.05) is 133 Å². The number of anilines is 2. The van der Waals surface area contributed by atoms with E-state index in [4.69, 9.17) is 18.9 Å². The topological polar surface area (TPSA) is 153 Å². The number of likely N-dealkylation sites (tertiary alicyclic amines) is 2. The van der Waals surface area contributed by atoms with Crippen LogP contribution in [-0.4, -0.2) is 88.5 Å². The molecule has 2 aromatic rings. The number of amides is 4. The summed E-state index contributed by atoms with van der Waals surface area (Å²) in [7, 11) is 0. The van der Waals surface area contributed by atoms with Crippen molar-refractivity contribution >= 4 is 41.5 Å². The van der Waals surface area contributed by atoms with Gasteiger partial charge in [-0.15, -0.1) is 0 Å². The molecule has 0 spiro atoms. The molecule has 2 aliphatic heterocycles. The lowest BCUT2D eigenvalue weighted by atomic mass is 9.72. The summed E-state index contributed by atoms with van der Waals surface area (Å²) in [5.74, 6) is -1.08. The zero-order valence-corrected chi connectivity index (χ0v) is 38.5. The highest BCUT2D eigenvalue weighted by Crippen LogP contribution is 2.42. The molecular formula is C47H70N4O9. The quantitative estimate of drug-likeness (QED) is 0.176. The van der Waals surface area contributed by atoms with Crippen LogP contribution in [0.25, 0.3) is 0 Å². The predicted octanol–water partition coefficient (Wildman–Crippen LogP) is 9.63. The molecule has 2 aliphatic rings. The highest BCUT2D eigenvalue weighted by Gasteiger charge is 2.49. The number of rotatable bonds is 10. The first-order chi connectivity index (χ1) is 27.4. The molecule has 0 bridgehead atoms. The van der Waals surface area contributed by atoms with E-state index in [0.717, 1.165) is 11.1 Å². The monoisotopic (exact) mass is 835 g/mol. The molecule has 13 heteroatoms. The van der Waals surface area contributed by atoms with Crippen LogP contribution in [-0.2, 0) is 41.4 Å². The van der Waals surface area contributed by atoms with E-state index in [9.17, 15) is 24.0 Å². The molecule has 2 saturated heterocycles. The van der Waals surface area contributed by atoms with Gasteiger partial charge in [-0.05, 0) is 170 Å². The second-order valence-corrected chi connectivity index (χ2v) is 21.0. The number of carbonyl (C=O) groups excluding carboxylic acids is 5. The Labute approximate surface area is 357 Å². The summed E-state index contributed by atoms with van der Waals surface area (Å²) in [6.07, 6.45) is 1.04. The zero-order valence-electron chi connectivity index (χ0n) is 38.5. The van der Waals surface area contributed by atoms with Gasteiger partial charge in [-0.3, -0.25) is 9.59 Å². The first kappa shape index (κ1) is 47.9. The van der Waals surface area contributed by atoms with Gasteiger partial charge in [0.15, 0.2) is 0 Å². The van der Waals surface area contributed by atoms with E-state index < -0.39 is 51.5 Å². The molecule has 0 saturated carbocycles. The number of hydrogen-bond acceptors (Lipinski definition) is 9. The molecule has 2 unspecified atom stereocenters. The van der Waals surface area contributed by atoms with Crippen LogP contribution in [0.1, 0.15) is 121 Å². The van der Waals surface area contributed by atoms with Crippen molar-refractivity contribution in [1.82, 2.24) is 9.80 Å². The Kier molecular flexibility index (Phi) is 14.4. The molecule has 60 heavy (non-hydrogen) atoms. The van der Waals surface area contributed by atoms with Crippen molar-refractivity contribution in [2.45, 2.75) is 145 Å². The van der Waals surface area contributed by atoms with Crippen LogP contribution in [0.4, 0.5) is 25.8 Å². The number of hydrogen-bond donors (Lipinski definition) is 2. The summed E-state index contributed by atoms with van der Waals surface area (Å²) in [4.78, 5) is 70.5. The normalized spacial score (nSPS) is 19.4. The molecular weight excluding hydrogens is 765 g/mol. The SMILES string of the molecule is CC(C)(C)OC(=O)N1CC[C@H](C(C)(Cc2cccc(NC(=O)Nc3cccc(CC(C)(C(=O)OC(C)(C)C)[C@H]4CCN(C(=O)OC(C)(C)C)C4)c3)c2)C(=O)OC(C)(C)C)C1. The molecule has 4 atom stereocenters. The Morgan fingerprint density at radius 3 is 1.18 bits per heavy atom. The lowest BCUT2D eigenvalue weighted by molar-refractivity contribution is -0.171. The predicted molar refractivity (Wildman–Crippen MR) is 233 cm³/mol. The summed E-state index contributed by atoms with van der Waals surface area (Å²) in [6, 6.07) is 14.2. The van der Waals surface area contributed by atoms with Crippen molar-refractivity contribution in [3.8, 4) is 0 Å². The maximum atomic E-state index is 13.9. The molecule has 0 aromatic heterocycles. The molecule has 2 N–H and O–H groups in total. The number of nitrogens with zero attached hydrogens (tertiary/aromatic N) is 2. The number of nitrogens with one attached hydrogen (secondary N) is 2. The summed E-state index contributed by atoms with van der Waals surface area (Å²) < 4.78 is 23.2. The Bertz CT molecular complexity index is 1750. The van der Waals surface area contributed by atoms with E-state index >= 15 is 0 Å². The maximum Gasteiger partial charge on any atom is 0.410 e. The van der Waals surface area contributed by atoms with Crippen LogP contribution < -0.4 is 10.6 Å². The number of benzene rings is 2. The molecule has 2 aromatic carbocycles. The lowest BCUT2D eigenvalue weighted by Gasteiger charge is -2.36. The fraction of sp³-hybridized carbons (Fsp3) is 0.638. The molecule has 4 rings (SSSR count). The third-order valence-electron chi connectivity index (χ3n) is 10.7. The van der Waals surface area contributed by atoms with Crippen LogP contribution in [0, 0.1) is 22.7 Å². The van der Waals surface area contributed by atoms with Gasteiger partial charge in [0, 0.05) is 37.6 Å². The Morgan fingerprint density at radius 1 is 0.533 bits per heavy atom. The van der Waals surface area contributed by atoms with E-state index in [0.29, 0.717) is 63.2 Å². The average molecular weight is 835 g/mol. The third-order valence-corrected chi connectivity index (χ3v) is 10.7. The van der Waals surface area contributed by atoms with Gasteiger partial charge in [0.1, 0.15) is 22.4 Å². The van der Waals surface area contributed by atoms with Gasteiger partial charge in [-0.2, -0.15) is 0 Å². The highest BCUT2D eigenvalue weighted by molar-refractivity contribution is 5.99. The van der Waals surface area contributed by atoms with Crippen molar-refractivity contribution < 1.29 is 42.9 Å². The minimum atomic E-state index is -0.980. The smallest absolute Gasteiger partial charge is 0.410 e. The molecule has 13 nitrogen and oxygen atoms in total. The molecule has 0 aliphatic carbocycles. The maximum absolute atomic E-state index is 13.9. The Hall–Kier alpha value is -4.81.